The first-order valence-corrected chi connectivity index (χ1v) is 19.5. The van der Waals surface area contributed by atoms with Crippen molar-refractivity contribution in [3.8, 4) is 23.0 Å². The van der Waals surface area contributed by atoms with E-state index in [1.165, 1.54) is 41.3 Å². The summed E-state index contributed by atoms with van der Waals surface area (Å²) in [6.45, 7) is -0.162. The van der Waals surface area contributed by atoms with E-state index in [0.29, 0.717) is 44.8 Å². The number of ether oxygens (including phenoxy) is 3. The normalized spacial score (nSPS) is 20.8. The zero-order valence-electron chi connectivity index (χ0n) is 33.3. The van der Waals surface area contributed by atoms with E-state index >= 15 is 9.59 Å². The Bertz CT molecular complexity index is 2990. The predicted octanol–water partition coefficient (Wildman–Crippen LogP) is 4.49. The van der Waals surface area contributed by atoms with Crippen molar-refractivity contribution in [2.45, 2.75) is 43.3 Å². The van der Waals surface area contributed by atoms with Crippen LogP contribution in [0, 0.1) is 5.92 Å². The van der Waals surface area contributed by atoms with Gasteiger partial charge < -0.3 is 23.9 Å². The molecule has 0 saturated heterocycles. The molecule has 4 atom stereocenters. The Kier molecular flexibility index (Phi) is 9.29. The number of ketones is 2. The van der Waals surface area contributed by atoms with Gasteiger partial charge in [0.15, 0.2) is 34.6 Å². The van der Waals surface area contributed by atoms with Crippen molar-refractivity contribution in [2.24, 2.45) is 13.0 Å². The lowest BCUT2D eigenvalue weighted by molar-refractivity contribution is -0.133. The summed E-state index contributed by atoms with van der Waals surface area (Å²) in [7, 11) is 6.05. The number of nitrogens with zero attached hydrogens (tertiary/aromatic N) is 5. The number of phenolic OH excluding ortho intramolecular Hbond substituents is 1. The minimum atomic E-state index is -1.48. The van der Waals surface area contributed by atoms with E-state index in [4.69, 9.17) is 14.2 Å². The van der Waals surface area contributed by atoms with Crippen LogP contribution in [-0.2, 0) is 41.6 Å². The topological polar surface area (TPSA) is 166 Å². The molecular weight excluding hydrogens is 767 g/mol. The number of aryl methyl sites for hydroxylation is 2. The smallest absolute Gasteiger partial charge is 0.347 e. The number of carbonyl (C=O) groups is 2. The standard InChI is InChI=1S/C46H41N5O9/c1-48-35-25-39(60-4)38(59-3)24-33(35)47-32(43(48)55)18-19-49-44(56)50-20-17-29-34(51(50)45(49)57)23-31-42(54)30(26-11-7-5-8-12-26)22-40(53)46(31,28-13-9-6-10-14-28)41(29)27-15-16-37(58-2)36(52)21-27/h5-17,21-22,24-25,31,34,41,52H,18-20,23H2,1-4H3. The maximum Gasteiger partial charge on any atom is 0.347 e. The van der Waals surface area contributed by atoms with Gasteiger partial charge in [0.1, 0.15) is 5.69 Å². The number of benzene rings is 4. The first kappa shape index (κ1) is 38.3. The predicted molar refractivity (Wildman–Crippen MR) is 222 cm³/mol. The number of hydrogen-bond donors (Lipinski definition) is 1. The van der Waals surface area contributed by atoms with Gasteiger partial charge in [-0.1, -0.05) is 72.8 Å². The zero-order chi connectivity index (χ0) is 42.0. The van der Waals surface area contributed by atoms with Crippen LogP contribution in [0.4, 0.5) is 0 Å². The quantitative estimate of drug-likeness (QED) is 0.206. The molecule has 304 valence electrons. The van der Waals surface area contributed by atoms with Crippen LogP contribution in [0.15, 0.2) is 123 Å². The van der Waals surface area contributed by atoms with Crippen LogP contribution in [0.2, 0.25) is 0 Å². The molecule has 1 N–H and O–H groups in total. The zero-order valence-corrected chi connectivity index (χ0v) is 33.3. The highest BCUT2D eigenvalue weighted by Gasteiger charge is 2.63. The molecule has 4 aromatic carbocycles. The Morgan fingerprint density at radius 3 is 2.18 bits per heavy atom. The van der Waals surface area contributed by atoms with Crippen molar-refractivity contribution in [1.29, 1.82) is 0 Å². The van der Waals surface area contributed by atoms with Crippen LogP contribution in [-0.4, -0.2) is 61.5 Å². The third-order valence-electron chi connectivity index (χ3n) is 12.5. The van der Waals surface area contributed by atoms with Crippen LogP contribution in [0.5, 0.6) is 23.0 Å². The average Bonchev–Trinajstić information content (AvgIpc) is 3.52. The molecule has 2 aliphatic carbocycles. The molecule has 14 nitrogen and oxygen atoms in total. The van der Waals surface area contributed by atoms with Crippen LogP contribution >= 0.6 is 0 Å². The maximum absolute atomic E-state index is 15.2. The fourth-order valence-corrected chi connectivity index (χ4v) is 9.73. The number of methoxy groups -OCH3 is 3. The average molecular weight is 808 g/mol. The summed E-state index contributed by atoms with van der Waals surface area (Å²) in [5.74, 6) is -1.49. The Morgan fingerprint density at radius 2 is 1.50 bits per heavy atom. The van der Waals surface area contributed by atoms with Crippen molar-refractivity contribution < 1.29 is 28.9 Å². The van der Waals surface area contributed by atoms with Gasteiger partial charge in [0.2, 0.25) is 0 Å². The third kappa shape index (κ3) is 5.61. The summed E-state index contributed by atoms with van der Waals surface area (Å²) >= 11 is 0. The molecule has 3 heterocycles. The van der Waals surface area contributed by atoms with Crippen LogP contribution in [0.25, 0.3) is 16.6 Å². The summed E-state index contributed by atoms with van der Waals surface area (Å²) in [6.07, 6.45) is 3.29. The van der Waals surface area contributed by atoms with E-state index in [9.17, 15) is 19.5 Å². The molecule has 60 heavy (non-hydrogen) atoms. The summed E-state index contributed by atoms with van der Waals surface area (Å²) < 4.78 is 21.5. The second-order valence-electron chi connectivity index (χ2n) is 15.3. The lowest BCUT2D eigenvalue weighted by Crippen LogP contribution is -2.58. The van der Waals surface area contributed by atoms with E-state index in [-0.39, 0.29) is 60.3 Å². The summed E-state index contributed by atoms with van der Waals surface area (Å²) in [5, 5.41) is 11.2. The maximum atomic E-state index is 15.2. The number of aromatic nitrogens is 5. The number of allylic oxidation sites excluding steroid dienone is 4. The molecule has 0 radical (unpaired) electrons. The number of phenols is 1. The molecule has 9 rings (SSSR count). The molecule has 14 heteroatoms. The van der Waals surface area contributed by atoms with E-state index in [1.807, 2.05) is 42.5 Å². The monoisotopic (exact) mass is 807 g/mol. The highest BCUT2D eigenvalue weighted by molar-refractivity contribution is 6.31. The van der Waals surface area contributed by atoms with Crippen molar-refractivity contribution in [2.75, 3.05) is 21.3 Å². The van der Waals surface area contributed by atoms with Gasteiger partial charge in [-0.15, -0.1) is 0 Å². The second kappa shape index (κ2) is 14.6. The summed E-state index contributed by atoms with van der Waals surface area (Å²) in [5.41, 5.74) is 0.694. The number of hydrogen-bond acceptors (Lipinski definition) is 10. The molecule has 2 aromatic heterocycles. The molecule has 1 fully saturated rings. The Morgan fingerprint density at radius 1 is 0.817 bits per heavy atom. The van der Waals surface area contributed by atoms with E-state index < -0.39 is 40.2 Å². The SMILES string of the molecule is COc1ccc(C2C3=CCn4c(=O)n(CCc5nc6cc(OC)c(OC)cc6n(C)c5=O)c(=O)n4C3CC3C(=O)C(c4ccccc4)=CC(=O)C32c2ccccc2)cc1O. The number of carbonyl (C=O) groups excluding carboxylic acids is 2. The number of aromatic hydroxyl groups is 1. The highest BCUT2D eigenvalue weighted by atomic mass is 16.5. The summed E-state index contributed by atoms with van der Waals surface area (Å²) in [6, 6.07) is 25.6. The van der Waals surface area contributed by atoms with Gasteiger partial charge in [0.05, 0.1) is 50.4 Å². The molecule has 1 aliphatic heterocycles. The van der Waals surface area contributed by atoms with E-state index in [0.717, 1.165) is 4.57 Å². The molecule has 0 amide bonds. The van der Waals surface area contributed by atoms with Gasteiger partial charge in [-0.3, -0.25) is 14.4 Å². The first-order valence-electron chi connectivity index (χ1n) is 19.5. The lowest BCUT2D eigenvalue weighted by Gasteiger charge is -2.54. The largest absolute Gasteiger partial charge is 0.504 e. The Labute approximate surface area is 342 Å². The van der Waals surface area contributed by atoms with Gasteiger partial charge in [0.25, 0.3) is 5.56 Å². The van der Waals surface area contributed by atoms with Crippen LogP contribution in [0.1, 0.15) is 40.8 Å². The number of Topliss-reactive ketones (excluding diaryl/α,β-unsaturated/α-hetero) is 1. The van der Waals surface area contributed by atoms with E-state index in [2.05, 4.69) is 4.98 Å². The third-order valence-corrected chi connectivity index (χ3v) is 12.5. The molecule has 1 saturated carbocycles. The minimum absolute atomic E-state index is 0.00800. The second-order valence-corrected chi connectivity index (χ2v) is 15.3. The van der Waals surface area contributed by atoms with Gasteiger partial charge >= 0.3 is 11.4 Å². The molecular formula is C46H41N5O9. The molecule has 4 unspecified atom stereocenters. The minimum Gasteiger partial charge on any atom is -0.504 e. The number of rotatable bonds is 9. The van der Waals surface area contributed by atoms with Crippen molar-refractivity contribution in [1.82, 2.24) is 23.5 Å². The van der Waals surface area contributed by atoms with Gasteiger partial charge in [-0.2, -0.15) is 0 Å². The fraction of sp³-hybridized carbons (Fsp3) is 0.261. The van der Waals surface area contributed by atoms with Crippen LogP contribution < -0.4 is 31.1 Å². The fourth-order valence-electron chi connectivity index (χ4n) is 9.73. The Balaban J connectivity index is 1.19. The van der Waals surface area contributed by atoms with Crippen molar-refractivity contribution in [3.05, 3.63) is 162 Å². The molecule has 6 aromatic rings. The molecule has 0 spiro atoms. The molecule has 0 bridgehead atoms. The first-order chi connectivity index (χ1) is 29.0. The van der Waals surface area contributed by atoms with E-state index in [1.54, 1.807) is 61.6 Å². The summed E-state index contributed by atoms with van der Waals surface area (Å²) in [4.78, 5) is 77.4. The van der Waals surface area contributed by atoms with Crippen molar-refractivity contribution >= 4 is 28.2 Å². The number of fused-ring (bicyclic) bond motifs is 5. The van der Waals surface area contributed by atoms with Crippen LogP contribution in [0.3, 0.4) is 0 Å². The Hall–Kier alpha value is -7.22. The van der Waals surface area contributed by atoms with Gasteiger partial charge in [-0.05, 0) is 46.9 Å². The van der Waals surface area contributed by atoms with Crippen molar-refractivity contribution in [3.63, 3.8) is 0 Å². The lowest BCUT2D eigenvalue weighted by atomic mass is 9.47. The molecule has 3 aliphatic rings. The highest BCUT2D eigenvalue weighted by Crippen LogP contribution is 2.61. The van der Waals surface area contributed by atoms with Gasteiger partial charge in [-0.25, -0.2) is 28.5 Å². The van der Waals surface area contributed by atoms with Gasteiger partial charge in [0, 0.05) is 49.6 Å².